The van der Waals surface area contributed by atoms with Crippen molar-refractivity contribution in [3.8, 4) is 0 Å². The maximum atomic E-state index is 12.3. The number of hydrogen-bond donors (Lipinski definition) is 2. The Hall–Kier alpha value is -2.67. The predicted octanol–water partition coefficient (Wildman–Crippen LogP) is 2.60. The molecule has 0 aromatic heterocycles. The minimum Gasteiger partial charge on any atom is -0.349 e. The average Bonchev–Trinajstić information content (AvgIpc) is 2.54. The van der Waals surface area contributed by atoms with Gasteiger partial charge in [-0.05, 0) is 36.8 Å². The third kappa shape index (κ3) is 5.70. The average molecular weight is 374 g/mol. The molecule has 7 heteroatoms. The quantitative estimate of drug-likeness (QED) is 0.813. The van der Waals surface area contributed by atoms with Gasteiger partial charge in [0.25, 0.3) is 0 Å². The lowest BCUT2D eigenvalue weighted by molar-refractivity contribution is -0.120. The van der Waals surface area contributed by atoms with Gasteiger partial charge in [0.1, 0.15) is 0 Å². The van der Waals surface area contributed by atoms with Gasteiger partial charge in [0.05, 0.1) is 17.4 Å². The van der Waals surface area contributed by atoms with Gasteiger partial charge in [0.15, 0.2) is 9.84 Å². The summed E-state index contributed by atoms with van der Waals surface area (Å²) in [4.78, 5) is 24.0. The first-order valence-electron chi connectivity index (χ1n) is 8.09. The van der Waals surface area contributed by atoms with E-state index in [0.717, 1.165) is 17.4 Å². The number of rotatable bonds is 6. The van der Waals surface area contributed by atoms with Crippen LogP contribution in [0.15, 0.2) is 53.4 Å². The highest BCUT2D eigenvalue weighted by Crippen LogP contribution is 2.19. The molecule has 6 nitrogen and oxygen atoms in total. The van der Waals surface area contributed by atoms with Crippen molar-refractivity contribution in [2.75, 3.05) is 11.6 Å². The van der Waals surface area contributed by atoms with Gasteiger partial charge in [-0.1, -0.05) is 29.8 Å². The molecule has 26 heavy (non-hydrogen) atoms. The van der Waals surface area contributed by atoms with Crippen LogP contribution in [0.3, 0.4) is 0 Å². The summed E-state index contributed by atoms with van der Waals surface area (Å²) >= 11 is 0. The summed E-state index contributed by atoms with van der Waals surface area (Å²) in [7, 11) is -3.28. The van der Waals surface area contributed by atoms with E-state index >= 15 is 0 Å². The van der Waals surface area contributed by atoms with Gasteiger partial charge in [0, 0.05) is 18.9 Å². The second kappa shape index (κ2) is 8.14. The Morgan fingerprint density at radius 2 is 1.58 bits per heavy atom. The molecule has 0 aliphatic rings. The fourth-order valence-electron chi connectivity index (χ4n) is 2.48. The number of sulfone groups is 1. The van der Waals surface area contributed by atoms with Crippen LogP contribution < -0.4 is 10.6 Å². The number of anilines is 1. The molecule has 0 saturated carbocycles. The van der Waals surface area contributed by atoms with E-state index in [4.69, 9.17) is 0 Å². The van der Waals surface area contributed by atoms with Crippen LogP contribution in [0.1, 0.15) is 30.5 Å². The van der Waals surface area contributed by atoms with Gasteiger partial charge in [0.2, 0.25) is 11.8 Å². The first-order valence-corrected chi connectivity index (χ1v) is 9.98. The number of aryl methyl sites for hydroxylation is 1. The standard InChI is InChI=1S/C19H22N2O4S/c1-13-4-6-15(7-5-13)18(20-14(2)22)12-19(23)21-16-8-10-17(11-9-16)26(3,24)25/h4-11,18H,12H2,1-3H3,(H,20,22)(H,21,23). The number of nitrogens with one attached hydrogen (secondary N) is 2. The van der Waals surface area contributed by atoms with Crippen LogP contribution >= 0.6 is 0 Å². The highest BCUT2D eigenvalue weighted by Gasteiger charge is 2.17. The number of hydrogen-bond acceptors (Lipinski definition) is 4. The molecule has 2 amide bonds. The summed E-state index contributed by atoms with van der Waals surface area (Å²) in [6.07, 6.45) is 1.19. The van der Waals surface area contributed by atoms with Crippen molar-refractivity contribution in [2.45, 2.75) is 31.2 Å². The lowest BCUT2D eigenvalue weighted by Gasteiger charge is -2.18. The van der Waals surface area contributed by atoms with Crippen molar-refractivity contribution < 1.29 is 18.0 Å². The molecule has 0 aliphatic heterocycles. The number of amides is 2. The minimum atomic E-state index is -3.28. The zero-order valence-corrected chi connectivity index (χ0v) is 15.8. The highest BCUT2D eigenvalue weighted by atomic mass is 32.2. The zero-order chi connectivity index (χ0) is 19.3. The van der Waals surface area contributed by atoms with Crippen LogP contribution in [0.5, 0.6) is 0 Å². The van der Waals surface area contributed by atoms with Gasteiger partial charge in [-0.25, -0.2) is 8.42 Å². The van der Waals surface area contributed by atoms with Crippen LogP contribution in [0.25, 0.3) is 0 Å². The second-order valence-corrected chi connectivity index (χ2v) is 8.23. The zero-order valence-electron chi connectivity index (χ0n) is 14.9. The Labute approximate surface area is 153 Å². The third-order valence-corrected chi connectivity index (χ3v) is 4.94. The predicted molar refractivity (Wildman–Crippen MR) is 101 cm³/mol. The normalized spacial score (nSPS) is 12.3. The van der Waals surface area contributed by atoms with Gasteiger partial charge < -0.3 is 10.6 Å². The molecular weight excluding hydrogens is 352 g/mol. The molecule has 0 bridgehead atoms. The lowest BCUT2D eigenvalue weighted by Crippen LogP contribution is -2.29. The van der Waals surface area contributed by atoms with Gasteiger partial charge in [-0.2, -0.15) is 0 Å². The number of benzene rings is 2. The molecule has 1 atom stereocenters. The molecular formula is C19H22N2O4S. The lowest BCUT2D eigenvalue weighted by atomic mass is 10.0. The van der Waals surface area contributed by atoms with Crippen LogP contribution in [-0.2, 0) is 19.4 Å². The molecule has 2 rings (SSSR count). The van der Waals surface area contributed by atoms with Crippen molar-refractivity contribution in [1.82, 2.24) is 5.32 Å². The Balaban J connectivity index is 2.09. The summed E-state index contributed by atoms with van der Waals surface area (Å²) in [6.45, 7) is 3.37. The molecule has 0 spiro atoms. The van der Waals surface area contributed by atoms with E-state index in [1.54, 1.807) is 0 Å². The molecule has 2 aromatic carbocycles. The van der Waals surface area contributed by atoms with E-state index in [9.17, 15) is 18.0 Å². The van der Waals surface area contributed by atoms with E-state index in [0.29, 0.717) is 5.69 Å². The monoisotopic (exact) mass is 374 g/mol. The van der Waals surface area contributed by atoms with E-state index in [-0.39, 0.29) is 23.1 Å². The first-order chi connectivity index (χ1) is 12.1. The second-order valence-electron chi connectivity index (χ2n) is 6.21. The largest absolute Gasteiger partial charge is 0.349 e. The summed E-state index contributed by atoms with van der Waals surface area (Å²) in [6, 6.07) is 13.1. The third-order valence-electron chi connectivity index (χ3n) is 3.81. The van der Waals surface area contributed by atoms with Crippen molar-refractivity contribution >= 4 is 27.3 Å². The molecule has 2 N–H and O–H groups in total. The molecule has 0 aliphatic carbocycles. The molecule has 0 heterocycles. The Morgan fingerprint density at radius 1 is 1.00 bits per heavy atom. The van der Waals surface area contributed by atoms with Crippen LogP contribution in [0.2, 0.25) is 0 Å². The first kappa shape index (κ1) is 19.7. The topological polar surface area (TPSA) is 92.3 Å². The van der Waals surface area contributed by atoms with E-state index in [1.807, 2.05) is 31.2 Å². The molecule has 0 radical (unpaired) electrons. The molecule has 0 fully saturated rings. The molecule has 0 saturated heterocycles. The van der Waals surface area contributed by atoms with Crippen molar-refractivity contribution in [3.05, 3.63) is 59.7 Å². The maximum Gasteiger partial charge on any atom is 0.226 e. The SMILES string of the molecule is CC(=O)NC(CC(=O)Nc1ccc(S(C)(=O)=O)cc1)c1ccc(C)cc1. The van der Waals surface area contributed by atoms with Gasteiger partial charge >= 0.3 is 0 Å². The van der Waals surface area contributed by atoms with E-state index in [2.05, 4.69) is 10.6 Å². The summed E-state index contributed by atoms with van der Waals surface area (Å²) in [5.41, 5.74) is 2.42. The number of carbonyl (C=O) groups is 2. The fourth-order valence-corrected chi connectivity index (χ4v) is 3.11. The van der Waals surface area contributed by atoms with Gasteiger partial charge in [-0.15, -0.1) is 0 Å². The van der Waals surface area contributed by atoms with Crippen LogP contribution in [-0.4, -0.2) is 26.5 Å². The Morgan fingerprint density at radius 3 is 2.08 bits per heavy atom. The highest BCUT2D eigenvalue weighted by molar-refractivity contribution is 7.90. The van der Waals surface area contributed by atoms with Crippen molar-refractivity contribution in [3.63, 3.8) is 0 Å². The Kier molecular flexibility index (Phi) is 6.15. The minimum absolute atomic E-state index is 0.0659. The van der Waals surface area contributed by atoms with Crippen LogP contribution in [0, 0.1) is 6.92 Å². The number of carbonyl (C=O) groups excluding carboxylic acids is 2. The Bertz CT molecular complexity index is 888. The van der Waals surface area contributed by atoms with E-state index in [1.165, 1.54) is 31.2 Å². The molecule has 138 valence electrons. The summed E-state index contributed by atoms with van der Waals surface area (Å²) in [5, 5.41) is 5.50. The van der Waals surface area contributed by atoms with E-state index < -0.39 is 15.9 Å². The molecule has 1 unspecified atom stereocenters. The summed E-state index contributed by atoms with van der Waals surface area (Å²) in [5.74, 6) is -0.502. The molecule has 2 aromatic rings. The fraction of sp³-hybridized carbons (Fsp3) is 0.263. The van der Waals surface area contributed by atoms with Crippen molar-refractivity contribution in [2.24, 2.45) is 0 Å². The smallest absolute Gasteiger partial charge is 0.226 e. The van der Waals surface area contributed by atoms with Crippen LogP contribution in [0.4, 0.5) is 5.69 Å². The summed E-state index contributed by atoms with van der Waals surface area (Å²) < 4.78 is 22.9. The van der Waals surface area contributed by atoms with Crippen molar-refractivity contribution in [1.29, 1.82) is 0 Å². The maximum absolute atomic E-state index is 12.3. The van der Waals surface area contributed by atoms with Gasteiger partial charge in [-0.3, -0.25) is 9.59 Å².